The first-order chi connectivity index (χ1) is 19.6. The smallest absolute Gasteiger partial charge is 0.220 e. The Hall–Kier alpha value is -4.11. The van der Waals surface area contributed by atoms with Crippen LogP contribution in [0.4, 0.5) is 0 Å². The predicted octanol–water partition coefficient (Wildman–Crippen LogP) is 5.58. The minimum atomic E-state index is 0.0360. The first-order valence-electron chi connectivity index (χ1n) is 13.3. The third-order valence-corrected chi connectivity index (χ3v) is 7.83. The molecule has 3 aromatic carbocycles. The number of para-hydroxylation sites is 1. The first-order valence-corrected chi connectivity index (χ1v) is 14.3. The molecule has 0 fully saturated rings. The lowest BCUT2D eigenvalue weighted by Crippen LogP contribution is -2.25. The van der Waals surface area contributed by atoms with Crippen molar-refractivity contribution < 1.29 is 14.3 Å². The number of hydrogen-bond donors (Lipinski definition) is 1. The summed E-state index contributed by atoms with van der Waals surface area (Å²) in [7, 11) is 3.23. The Morgan fingerprint density at radius 2 is 1.77 bits per heavy atom. The number of nitrogens with one attached hydrogen (secondary N) is 1. The quantitative estimate of drug-likeness (QED) is 0.159. The summed E-state index contributed by atoms with van der Waals surface area (Å²) in [4.78, 5) is 17.3. The van der Waals surface area contributed by atoms with Gasteiger partial charge in [-0.3, -0.25) is 4.79 Å². The Balaban J connectivity index is 1.17. The number of benzene rings is 3. The van der Waals surface area contributed by atoms with Gasteiger partial charge in [0.2, 0.25) is 11.1 Å². The Labute approximate surface area is 238 Å². The van der Waals surface area contributed by atoms with E-state index in [2.05, 4.69) is 63.4 Å². The minimum Gasteiger partial charge on any atom is -0.493 e. The van der Waals surface area contributed by atoms with Crippen LogP contribution < -0.4 is 14.8 Å². The molecule has 0 bridgehead atoms. The summed E-state index contributed by atoms with van der Waals surface area (Å²) in [6.07, 6.45) is 1.89. The van der Waals surface area contributed by atoms with Gasteiger partial charge in [0.1, 0.15) is 5.52 Å². The number of fused-ring (bicyclic) bond motifs is 3. The lowest BCUT2D eigenvalue weighted by atomic mass is 10.1. The number of aryl methyl sites for hydroxylation is 1. The van der Waals surface area contributed by atoms with E-state index in [-0.39, 0.29) is 5.91 Å². The third-order valence-electron chi connectivity index (χ3n) is 6.91. The van der Waals surface area contributed by atoms with Crippen molar-refractivity contribution >= 4 is 39.7 Å². The summed E-state index contributed by atoms with van der Waals surface area (Å²) in [6, 6.07) is 22.4. The van der Waals surface area contributed by atoms with Gasteiger partial charge < -0.3 is 19.4 Å². The standard InChI is InChI=1S/C31H33N5O3S/c1-21-9-4-5-10-23(21)20-36-25-12-7-6-11-24(25)29-30(36)33-31(35-34-29)40-18-8-13-28(37)32-17-16-22-14-15-26(38-2)27(19-22)39-3/h4-7,9-12,14-15,19H,8,13,16-18,20H2,1-3H3,(H,32,37). The number of aromatic nitrogens is 4. The molecule has 1 N–H and O–H groups in total. The van der Waals surface area contributed by atoms with Gasteiger partial charge in [0.05, 0.1) is 19.7 Å². The summed E-state index contributed by atoms with van der Waals surface area (Å²) in [5, 5.41) is 13.6. The fourth-order valence-corrected chi connectivity index (χ4v) is 5.46. The molecule has 8 nitrogen and oxygen atoms in total. The topological polar surface area (TPSA) is 91.2 Å². The van der Waals surface area contributed by atoms with Crippen molar-refractivity contribution in [1.82, 2.24) is 25.1 Å². The van der Waals surface area contributed by atoms with Crippen molar-refractivity contribution in [1.29, 1.82) is 0 Å². The van der Waals surface area contributed by atoms with Crippen molar-refractivity contribution in [2.45, 2.75) is 37.9 Å². The van der Waals surface area contributed by atoms with Gasteiger partial charge in [-0.1, -0.05) is 60.3 Å². The molecule has 0 saturated heterocycles. The molecule has 0 saturated carbocycles. The fraction of sp³-hybridized carbons (Fsp3) is 0.290. The Kier molecular flexibility index (Phi) is 8.81. The molecule has 2 aromatic heterocycles. The van der Waals surface area contributed by atoms with Crippen LogP contribution in [0.15, 0.2) is 71.9 Å². The van der Waals surface area contributed by atoms with Crippen LogP contribution in [-0.2, 0) is 17.8 Å². The number of carbonyl (C=O) groups is 1. The number of thioether (sulfide) groups is 1. The molecular weight excluding hydrogens is 522 g/mol. The molecular formula is C31H33N5O3S. The Morgan fingerprint density at radius 1 is 0.975 bits per heavy atom. The average Bonchev–Trinajstić information content (AvgIpc) is 3.29. The molecule has 0 radical (unpaired) electrons. The second-order valence-electron chi connectivity index (χ2n) is 9.54. The van der Waals surface area contributed by atoms with E-state index in [1.807, 2.05) is 30.3 Å². The van der Waals surface area contributed by atoms with Crippen LogP contribution in [0.5, 0.6) is 11.5 Å². The van der Waals surface area contributed by atoms with Crippen LogP contribution >= 0.6 is 11.8 Å². The highest BCUT2D eigenvalue weighted by molar-refractivity contribution is 7.99. The molecule has 5 rings (SSSR count). The maximum Gasteiger partial charge on any atom is 0.220 e. The highest BCUT2D eigenvalue weighted by Crippen LogP contribution is 2.29. The van der Waals surface area contributed by atoms with Crippen molar-refractivity contribution in [2.24, 2.45) is 0 Å². The van der Waals surface area contributed by atoms with Crippen molar-refractivity contribution in [2.75, 3.05) is 26.5 Å². The van der Waals surface area contributed by atoms with Crippen molar-refractivity contribution in [3.8, 4) is 11.5 Å². The predicted molar refractivity (Wildman–Crippen MR) is 159 cm³/mol. The number of amides is 1. The maximum atomic E-state index is 12.4. The van der Waals surface area contributed by atoms with E-state index in [0.29, 0.717) is 36.2 Å². The van der Waals surface area contributed by atoms with E-state index in [4.69, 9.17) is 14.5 Å². The summed E-state index contributed by atoms with van der Waals surface area (Å²) in [5.74, 6) is 2.15. The molecule has 206 valence electrons. The number of rotatable bonds is 12. The molecule has 2 heterocycles. The normalized spacial score (nSPS) is 11.2. The van der Waals surface area contributed by atoms with Crippen LogP contribution in [0, 0.1) is 6.92 Å². The Morgan fingerprint density at radius 3 is 2.60 bits per heavy atom. The average molecular weight is 556 g/mol. The third kappa shape index (κ3) is 6.20. The highest BCUT2D eigenvalue weighted by Gasteiger charge is 2.16. The van der Waals surface area contributed by atoms with Crippen molar-refractivity contribution in [3.05, 3.63) is 83.4 Å². The van der Waals surface area contributed by atoms with E-state index in [9.17, 15) is 4.79 Å². The highest BCUT2D eigenvalue weighted by atomic mass is 32.2. The molecule has 0 aliphatic heterocycles. The van der Waals surface area contributed by atoms with E-state index in [1.54, 1.807) is 14.2 Å². The lowest BCUT2D eigenvalue weighted by Gasteiger charge is -2.10. The summed E-state index contributed by atoms with van der Waals surface area (Å²) in [5.41, 5.74) is 6.29. The van der Waals surface area contributed by atoms with E-state index >= 15 is 0 Å². The second kappa shape index (κ2) is 12.8. The molecule has 0 atom stereocenters. The van der Waals surface area contributed by atoms with Gasteiger partial charge in [0.15, 0.2) is 17.1 Å². The SMILES string of the molecule is COc1ccc(CCNC(=O)CCCSc2nnc3c4ccccc4n(Cc4ccccc4C)c3n2)cc1OC. The van der Waals surface area contributed by atoms with Crippen LogP contribution in [-0.4, -0.2) is 52.2 Å². The maximum absolute atomic E-state index is 12.4. The molecule has 1 amide bonds. The van der Waals surface area contributed by atoms with Crippen LogP contribution in [0.1, 0.15) is 29.5 Å². The Bertz CT molecular complexity index is 1630. The molecule has 0 aliphatic rings. The van der Waals surface area contributed by atoms with Gasteiger partial charge in [0, 0.05) is 30.6 Å². The summed E-state index contributed by atoms with van der Waals surface area (Å²) >= 11 is 1.53. The second-order valence-corrected chi connectivity index (χ2v) is 10.6. The number of ether oxygens (including phenoxy) is 2. The molecule has 5 aromatic rings. The van der Waals surface area contributed by atoms with E-state index in [1.165, 1.54) is 22.9 Å². The number of methoxy groups -OCH3 is 2. The largest absolute Gasteiger partial charge is 0.493 e. The summed E-state index contributed by atoms with van der Waals surface area (Å²) < 4.78 is 12.9. The molecule has 0 unspecified atom stereocenters. The van der Waals surface area contributed by atoms with Gasteiger partial charge in [0.25, 0.3) is 0 Å². The lowest BCUT2D eigenvalue weighted by molar-refractivity contribution is -0.121. The van der Waals surface area contributed by atoms with Gasteiger partial charge in [-0.05, 0) is 54.7 Å². The fourth-order valence-electron chi connectivity index (χ4n) is 4.74. The van der Waals surface area contributed by atoms with E-state index < -0.39 is 0 Å². The van der Waals surface area contributed by atoms with Crippen LogP contribution in [0.25, 0.3) is 22.1 Å². The first kappa shape index (κ1) is 27.5. The molecule has 9 heteroatoms. The zero-order valence-electron chi connectivity index (χ0n) is 23.0. The zero-order chi connectivity index (χ0) is 27.9. The van der Waals surface area contributed by atoms with Crippen LogP contribution in [0.2, 0.25) is 0 Å². The van der Waals surface area contributed by atoms with Gasteiger partial charge in [-0.25, -0.2) is 4.98 Å². The zero-order valence-corrected chi connectivity index (χ0v) is 23.8. The molecule has 0 spiro atoms. The molecule has 0 aliphatic carbocycles. The van der Waals surface area contributed by atoms with Crippen LogP contribution in [0.3, 0.4) is 0 Å². The van der Waals surface area contributed by atoms with Gasteiger partial charge in [-0.2, -0.15) is 0 Å². The minimum absolute atomic E-state index is 0.0360. The monoisotopic (exact) mass is 555 g/mol. The van der Waals surface area contributed by atoms with Gasteiger partial charge in [-0.15, -0.1) is 10.2 Å². The molecule has 40 heavy (non-hydrogen) atoms. The van der Waals surface area contributed by atoms with E-state index in [0.717, 1.165) is 46.2 Å². The number of carbonyl (C=O) groups excluding carboxylic acids is 1. The van der Waals surface area contributed by atoms with Gasteiger partial charge >= 0.3 is 0 Å². The summed E-state index contributed by atoms with van der Waals surface area (Å²) in [6.45, 7) is 3.41. The number of hydrogen-bond acceptors (Lipinski definition) is 7. The van der Waals surface area contributed by atoms with Crippen molar-refractivity contribution in [3.63, 3.8) is 0 Å². The number of nitrogens with zero attached hydrogens (tertiary/aromatic N) is 4.